The number of aryl methyl sites for hydroxylation is 1. The van der Waals surface area contributed by atoms with E-state index in [1.807, 2.05) is 19.1 Å². The maximum Gasteiger partial charge on any atom is 0.244 e. The molecule has 2 aromatic carbocycles. The van der Waals surface area contributed by atoms with E-state index >= 15 is 0 Å². The predicted molar refractivity (Wildman–Crippen MR) is 90.7 cm³/mol. The van der Waals surface area contributed by atoms with Crippen molar-refractivity contribution in [2.45, 2.75) is 22.9 Å². The van der Waals surface area contributed by atoms with Crippen LogP contribution in [0.2, 0.25) is 5.02 Å². The van der Waals surface area contributed by atoms with Crippen molar-refractivity contribution in [1.29, 1.82) is 0 Å². The van der Waals surface area contributed by atoms with Gasteiger partial charge >= 0.3 is 0 Å². The van der Waals surface area contributed by atoms with Crippen LogP contribution in [-0.4, -0.2) is 16.8 Å². The quantitative estimate of drug-likeness (QED) is 0.724. The number of anilines is 1. The predicted octanol–water partition coefficient (Wildman–Crippen LogP) is 1.70. The number of nitrogens with two attached hydrogens (primary N) is 1. The van der Waals surface area contributed by atoms with Crippen LogP contribution in [0.3, 0.4) is 0 Å². The van der Waals surface area contributed by atoms with Crippen LogP contribution in [0, 0.1) is 6.92 Å². The van der Waals surface area contributed by atoms with E-state index in [0.29, 0.717) is 0 Å². The normalized spacial score (nSPS) is 19.4. The first kappa shape index (κ1) is 17.2. The number of nitrogens with one attached hydrogen (secondary N) is 2. The molecular formula is C14H14ClN3O4S2. The molecule has 24 heavy (non-hydrogen) atoms. The molecule has 0 amide bonds. The van der Waals surface area contributed by atoms with Gasteiger partial charge < -0.3 is 5.32 Å². The first-order valence-electron chi connectivity index (χ1n) is 6.80. The smallest absolute Gasteiger partial charge is 0.244 e. The molecule has 2 aromatic rings. The van der Waals surface area contributed by atoms with Crippen LogP contribution >= 0.6 is 11.6 Å². The van der Waals surface area contributed by atoms with E-state index in [9.17, 15) is 16.8 Å². The molecule has 7 nitrogen and oxygen atoms in total. The summed E-state index contributed by atoms with van der Waals surface area (Å²) in [5.41, 5.74) is 1.85. The molecule has 128 valence electrons. The second-order valence-corrected chi connectivity index (χ2v) is 9.00. The summed E-state index contributed by atoms with van der Waals surface area (Å²) in [4.78, 5) is -0.662. The van der Waals surface area contributed by atoms with Crippen molar-refractivity contribution >= 4 is 37.3 Å². The maximum atomic E-state index is 12.5. The van der Waals surface area contributed by atoms with Gasteiger partial charge in [-0.15, -0.1) is 0 Å². The molecule has 4 N–H and O–H groups in total. The summed E-state index contributed by atoms with van der Waals surface area (Å²) in [7, 11) is -8.09. The van der Waals surface area contributed by atoms with Crippen molar-refractivity contribution < 1.29 is 16.8 Å². The van der Waals surface area contributed by atoms with Gasteiger partial charge in [0.2, 0.25) is 20.0 Å². The van der Waals surface area contributed by atoms with Crippen molar-refractivity contribution in [3.8, 4) is 0 Å². The summed E-state index contributed by atoms with van der Waals surface area (Å²) in [6, 6.07) is 9.50. The maximum absolute atomic E-state index is 12.5. The molecule has 0 bridgehead atoms. The van der Waals surface area contributed by atoms with Gasteiger partial charge in [-0.3, -0.25) is 0 Å². The lowest BCUT2D eigenvalue weighted by atomic mass is 10.1. The fourth-order valence-electron chi connectivity index (χ4n) is 2.54. The molecule has 0 saturated heterocycles. The third-order valence-electron chi connectivity index (χ3n) is 3.70. The van der Waals surface area contributed by atoms with E-state index in [-0.39, 0.29) is 15.6 Å². The fourth-order valence-corrected chi connectivity index (χ4v) is 5.02. The lowest BCUT2D eigenvalue weighted by Crippen LogP contribution is -2.38. The number of hydrogen-bond donors (Lipinski definition) is 3. The zero-order valence-corrected chi connectivity index (χ0v) is 14.8. The summed E-state index contributed by atoms with van der Waals surface area (Å²) in [6.45, 7) is 1.86. The van der Waals surface area contributed by atoms with E-state index in [1.165, 1.54) is 6.07 Å². The van der Waals surface area contributed by atoms with Crippen LogP contribution in [0.15, 0.2) is 46.2 Å². The highest BCUT2D eigenvalue weighted by Gasteiger charge is 2.32. The van der Waals surface area contributed by atoms with E-state index in [1.54, 1.807) is 12.1 Å². The Morgan fingerprint density at radius 3 is 2.50 bits per heavy atom. The summed E-state index contributed by atoms with van der Waals surface area (Å²) in [6.07, 6.45) is -0.694. The highest BCUT2D eigenvalue weighted by molar-refractivity contribution is 7.90. The number of halogens is 1. The van der Waals surface area contributed by atoms with Gasteiger partial charge in [0.15, 0.2) is 0 Å². The standard InChI is InChI=1S/C14H14ClN3O4S2/c1-8-4-2-3-5-9(8)14-17-11-6-10(15)12(23(16,19)20)7-13(11)24(21,22)18-14/h2-7,14,17-18H,1H3,(H2,16,19,20)/t14-/m0/s1. The SMILES string of the molecule is Cc1ccccc1[C@H]1Nc2cc(Cl)c(S(N)(=O)=O)cc2S(=O)(=O)N1. The Kier molecular flexibility index (Phi) is 4.09. The molecule has 0 unspecified atom stereocenters. The molecule has 1 heterocycles. The molecule has 1 atom stereocenters. The molecule has 0 aliphatic carbocycles. The number of sulfonamides is 2. The zero-order valence-electron chi connectivity index (χ0n) is 12.4. The van der Waals surface area contributed by atoms with Crippen molar-refractivity contribution in [3.63, 3.8) is 0 Å². The van der Waals surface area contributed by atoms with E-state index in [4.69, 9.17) is 16.7 Å². The Morgan fingerprint density at radius 2 is 1.88 bits per heavy atom. The Labute approximate surface area is 144 Å². The van der Waals surface area contributed by atoms with Gasteiger partial charge in [0.25, 0.3) is 0 Å². The highest BCUT2D eigenvalue weighted by atomic mass is 35.5. The van der Waals surface area contributed by atoms with Crippen LogP contribution < -0.4 is 15.2 Å². The molecule has 0 aromatic heterocycles. The minimum atomic E-state index is -4.14. The summed E-state index contributed by atoms with van der Waals surface area (Å²) in [5.74, 6) is 0. The van der Waals surface area contributed by atoms with Crippen LogP contribution in [-0.2, 0) is 20.0 Å². The van der Waals surface area contributed by atoms with Crippen molar-refractivity contribution in [3.05, 3.63) is 52.5 Å². The summed E-state index contributed by atoms with van der Waals surface area (Å²) >= 11 is 5.95. The first-order valence-corrected chi connectivity index (χ1v) is 10.2. The van der Waals surface area contributed by atoms with Crippen LogP contribution in [0.4, 0.5) is 5.69 Å². The van der Waals surface area contributed by atoms with Crippen molar-refractivity contribution in [2.75, 3.05) is 5.32 Å². The van der Waals surface area contributed by atoms with Gasteiger partial charge in [-0.05, 0) is 30.2 Å². The van der Waals surface area contributed by atoms with Gasteiger partial charge in [-0.25, -0.2) is 22.0 Å². The lowest BCUT2D eigenvalue weighted by molar-refractivity contribution is 0.561. The Bertz CT molecular complexity index is 1040. The molecule has 0 radical (unpaired) electrons. The van der Waals surface area contributed by atoms with Crippen LogP contribution in [0.5, 0.6) is 0 Å². The third kappa shape index (κ3) is 3.01. The first-order chi connectivity index (χ1) is 11.1. The second kappa shape index (κ2) is 5.71. The molecule has 10 heteroatoms. The third-order valence-corrected chi connectivity index (χ3v) is 6.54. The Hall–Kier alpha value is -1.65. The molecule has 1 aliphatic rings. The molecule has 3 rings (SSSR count). The molecule has 1 aliphatic heterocycles. The summed E-state index contributed by atoms with van der Waals surface area (Å²) in [5, 5.41) is 7.94. The second-order valence-electron chi connectivity index (χ2n) is 5.38. The van der Waals surface area contributed by atoms with Crippen molar-refractivity contribution in [2.24, 2.45) is 5.14 Å². The van der Waals surface area contributed by atoms with Gasteiger partial charge in [0, 0.05) is 0 Å². The van der Waals surface area contributed by atoms with Crippen LogP contribution in [0.25, 0.3) is 0 Å². The van der Waals surface area contributed by atoms with E-state index in [0.717, 1.165) is 17.2 Å². The van der Waals surface area contributed by atoms with E-state index < -0.39 is 31.1 Å². The average molecular weight is 388 g/mol. The topological polar surface area (TPSA) is 118 Å². The molecule has 0 spiro atoms. The lowest BCUT2D eigenvalue weighted by Gasteiger charge is -2.29. The van der Waals surface area contributed by atoms with Crippen LogP contribution in [0.1, 0.15) is 17.3 Å². The minimum absolute atomic E-state index is 0.149. The monoisotopic (exact) mass is 387 g/mol. The number of hydrogen-bond acceptors (Lipinski definition) is 5. The minimum Gasteiger partial charge on any atom is -0.364 e. The van der Waals surface area contributed by atoms with Gasteiger partial charge in [0.1, 0.15) is 16.0 Å². The van der Waals surface area contributed by atoms with Gasteiger partial charge in [-0.1, -0.05) is 35.9 Å². The number of fused-ring (bicyclic) bond motifs is 1. The van der Waals surface area contributed by atoms with Gasteiger partial charge in [0.05, 0.1) is 10.7 Å². The average Bonchev–Trinajstić information content (AvgIpc) is 2.44. The molecule has 0 fully saturated rings. The van der Waals surface area contributed by atoms with Gasteiger partial charge in [-0.2, -0.15) is 4.72 Å². The fraction of sp³-hybridized carbons (Fsp3) is 0.143. The number of benzene rings is 2. The Morgan fingerprint density at radius 1 is 1.21 bits per heavy atom. The zero-order chi connectivity index (χ0) is 17.7. The van der Waals surface area contributed by atoms with E-state index in [2.05, 4.69) is 10.0 Å². The molecule has 0 saturated carbocycles. The number of primary sulfonamides is 1. The Balaban J connectivity index is 2.16. The summed E-state index contributed by atoms with van der Waals surface area (Å²) < 4.78 is 50.6. The molecular weight excluding hydrogens is 374 g/mol. The number of rotatable bonds is 2. The highest BCUT2D eigenvalue weighted by Crippen LogP contribution is 2.36. The van der Waals surface area contributed by atoms with Crippen molar-refractivity contribution in [1.82, 2.24) is 4.72 Å². The largest absolute Gasteiger partial charge is 0.364 e.